The number of aromatic nitrogens is 3. The zero-order valence-corrected chi connectivity index (χ0v) is 21.3. The molecule has 192 valence electrons. The number of anilines is 1. The molecule has 0 unspecified atom stereocenters. The Labute approximate surface area is 223 Å². The number of carbonyl (C=O) groups is 1. The minimum Gasteiger partial charge on any atom is -0.497 e. The number of pyridine rings is 2. The number of aryl methyl sites for hydroxylation is 1. The van der Waals surface area contributed by atoms with E-state index in [0.29, 0.717) is 33.8 Å². The van der Waals surface area contributed by atoms with Crippen LogP contribution in [0.5, 0.6) is 17.2 Å². The van der Waals surface area contributed by atoms with Gasteiger partial charge in [0.15, 0.2) is 0 Å². The van der Waals surface area contributed by atoms with Gasteiger partial charge < -0.3 is 23.9 Å². The van der Waals surface area contributed by atoms with Gasteiger partial charge in [-0.15, -0.1) is 0 Å². The lowest BCUT2D eigenvalue weighted by Crippen LogP contribution is -2.23. The molecule has 1 N–H and O–H groups in total. The van der Waals surface area contributed by atoms with Crippen LogP contribution >= 0.6 is 0 Å². The van der Waals surface area contributed by atoms with Gasteiger partial charge in [0.25, 0.3) is 5.91 Å². The lowest BCUT2D eigenvalue weighted by Gasteiger charge is -2.14. The second kappa shape index (κ2) is 9.83. The summed E-state index contributed by atoms with van der Waals surface area (Å²) in [5.74, 6) is 1.51. The van der Waals surface area contributed by atoms with Crippen molar-refractivity contribution in [3.63, 3.8) is 0 Å². The number of rotatable bonds is 6. The molecule has 0 aliphatic heterocycles. The third-order valence-corrected chi connectivity index (χ3v) is 6.57. The number of hydrogen-bond donors (Lipinski definition) is 1. The molecule has 0 saturated carbocycles. The molecule has 8 heteroatoms. The topological polar surface area (TPSA) is 87.4 Å². The van der Waals surface area contributed by atoms with Crippen LogP contribution in [-0.2, 0) is 7.05 Å². The molecule has 6 rings (SSSR count). The summed E-state index contributed by atoms with van der Waals surface area (Å²) in [7, 11) is 3.53. The molecule has 0 bridgehead atoms. The van der Waals surface area contributed by atoms with Crippen LogP contribution in [0.25, 0.3) is 27.6 Å². The summed E-state index contributed by atoms with van der Waals surface area (Å²) in [6, 6.07) is 25.4. The molecule has 0 aliphatic carbocycles. The van der Waals surface area contributed by atoms with Gasteiger partial charge in [-0.2, -0.15) is 0 Å². The number of hydrogen-bond acceptors (Lipinski definition) is 5. The molecule has 3 aromatic carbocycles. The van der Waals surface area contributed by atoms with Gasteiger partial charge in [-0.1, -0.05) is 12.1 Å². The summed E-state index contributed by atoms with van der Waals surface area (Å²) in [4.78, 5) is 31.0. The number of benzene rings is 3. The van der Waals surface area contributed by atoms with Gasteiger partial charge >= 0.3 is 0 Å². The van der Waals surface area contributed by atoms with Crippen LogP contribution in [0.4, 0.5) is 5.69 Å². The summed E-state index contributed by atoms with van der Waals surface area (Å²) in [5, 5.41) is 4.20. The fourth-order valence-electron chi connectivity index (χ4n) is 4.56. The van der Waals surface area contributed by atoms with Crippen molar-refractivity contribution in [2.24, 2.45) is 7.05 Å². The van der Waals surface area contributed by atoms with Crippen LogP contribution in [0.3, 0.4) is 0 Å². The molecule has 3 aromatic heterocycles. The Morgan fingerprint density at radius 2 is 1.62 bits per heavy atom. The Morgan fingerprint density at radius 3 is 2.38 bits per heavy atom. The van der Waals surface area contributed by atoms with E-state index >= 15 is 0 Å². The number of para-hydroxylation sites is 1. The number of amides is 1. The van der Waals surface area contributed by atoms with Crippen molar-refractivity contribution in [3.8, 4) is 22.9 Å². The van der Waals surface area contributed by atoms with Crippen molar-refractivity contribution in [1.29, 1.82) is 0 Å². The van der Waals surface area contributed by atoms with E-state index in [2.05, 4.69) is 10.3 Å². The molecule has 39 heavy (non-hydrogen) atoms. The molecular weight excluding hydrogens is 492 g/mol. The first-order valence-corrected chi connectivity index (χ1v) is 12.3. The molecule has 0 fully saturated rings. The van der Waals surface area contributed by atoms with E-state index in [9.17, 15) is 9.59 Å². The van der Waals surface area contributed by atoms with Crippen LogP contribution in [0.1, 0.15) is 10.4 Å². The van der Waals surface area contributed by atoms with Gasteiger partial charge in [-0.3, -0.25) is 9.59 Å². The van der Waals surface area contributed by atoms with E-state index in [4.69, 9.17) is 9.47 Å². The van der Waals surface area contributed by atoms with Gasteiger partial charge in [-0.25, -0.2) is 4.98 Å². The largest absolute Gasteiger partial charge is 0.497 e. The maximum Gasteiger partial charge on any atom is 0.261 e. The van der Waals surface area contributed by atoms with E-state index in [1.807, 2.05) is 70.9 Å². The molecule has 0 saturated heterocycles. The van der Waals surface area contributed by atoms with E-state index < -0.39 is 5.91 Å². The fraction of sp³-hybridized carbons (Fsp3) is 0.0645. The van der Waals surface area contributed by atoms with Crippen molar-refractivity contribution < 1.29 is 14.3 Å². The monoisotopic (exact) mass is 516 g/mol. The zero-order chi connectivity index (χ0) is 26.9. The first-order valence-electron chi connectivity index (χ1n) is 12.3. The van der Waals surface area contributed by atoms with E-state index in [1.54, 1.807) is 55.9 Å². The molecule has 0 atom stereocenters. The highest BCUT2D eigenvalue weighted by Gasteiger charge is 2.17. The summed E-state index contributed by atoms with van der Waals surface area (Å²) in [6.45, 7) is 0. The molecular formula is C31H24N4O4. The van der Waals surface area contributed by atoms with E-state index in [0.717, 1.165) is 16.7 Å². The molecule has 0 aliphatic rings. The predicted molar refractivity (Wildman–Crippen MR) is 151 cm³/mol. The minimum absolute atomic E-state index is 0.0353. The number of methoxy groups -OCH3 is 1. The molecule has 0 radical (unpaired) electrons. The average Bonchev–Trinajstić information content (AvgIpc) is 3.36. The SMILES string of the molecule is COc1ccc(-n2cc(C(=O)Nc3ccc(Oc4ccnc5c4ccn5C)cc3)c(=O)c3ccccc32)cc1. The van der Waals surface area contributed by atoms with Gasteiger partial charge in [0.2, 0.25) is 5.43 Å². The van der Waals surface area contributed by atoms with Crippen molar-refractivity contribution >= 4 is 33.5 Å². The van der Waals surface area contributed by atoms with Crippen LogP contribution in [0.15, 0.2) is 108 Å². The Balaban J connectivity index is 1.28. The third kappa shape index (κ3) is 4.48. The number of nitrogens with one attached hydrogen (secondary N) is 1. The van der Waals surface area contributed by atoms with Gasteiger partial charge in [0.1, 0.15) is 28.5 Å². The maximum absolute atomic E-state index is 13.3. The van der Waals surface area contributed by atoms with Gasteiger partial charge in [0.05, 0.1) is 18.0 Å². The Morgan fingerprint density at radius 1 is 0.872 bits per heavy atom. The second-order valence-electron chi connectivity index (χ2n) is 9.01. The summed E-state index contributed by atoms with van der Waals surface area (Å²) in [6.07, 6.45) is 5.21. The molecule has 8 nitrogen and oxygen atoms in total. The van der Waals surface area contributed by atoms with Crippen molar-refractivity contribution in [2.45, 2.75) is 0 Å². The highest BCUT2D eigenvalue weighted by Crippen LogP contribution is 2.30. The van der Waals surface area contributed by atoms with Gasteiger partial charge in [-0.05, 0) is 72.8 Å². The Hall–Kier alpha value is -5.37. The predicted octanol–water partition coefficient (Wildman–Crippen LogP) is 5.93. The molecule has 1 amide bonds. The fourth-order valence-corrected chi connectivity index (χ4v) is 4.56. The highest BCUT2D eigenvalue weighted by molar-refractivity contribution is 6.06. The quantitative estimate of drug-likeness (QED) is 0.296. The van der Waals surface area contributed by atoms with Crippen LogP contribution in [0, 0.1) is 0 Å². The number of nitrogens with zero attached hydrogens (tertiary/aromatic N) is 3. The molecule has 6 aromatic rings. The number of carbonyl (C=O) groups excluding carboxylic acids is 1. The standard InChI is InChI=1S/C31H24N4O4/c1-34-18-16-25-28(15-17-32-30(25)34)39-23-11-7-20(8-12-23)33-31(37)26-19-35(21-9-13-22(38-2)14-10-21)27-6-4-3-5-24(27)29(26)36/h3-19H,1-2H3,(H,33,37). The molecule has 3 heterocycles. The van der Waals surface area contributed by atoms with Crippen LogP contribution in [0.2, 0.25) is 0 Å². The zero-order valence-electron chi connectivity index (χ0n) is 21.3. The first kappa shape index (κ1) is 24.0. The average molecular weight is 517 g/mol. The lowest BCUT2D eigenvalue weighted by molar-refractivity contribution is 0.102. The Kier molecular flexibility index (Phi) is 6.05. The van der Waals surface area contributed by atoms with Gasteiger partial charge in [0, 0.05) is 42.4 Å². The number of fused-ring (bicyclic) bond motifs is 2. The van der Waals surface area contributed by atoms with Crippen LogP contribution in [-0.4, -0.2) is 27.1 Å². The summed E-state index contributed by atoms with van der Waals surface area (Å²) >= 11 is 0. The highest BCUT2D eigenvalue weighted by atomic mass is 16.5. The minimum atomic E-state index is -0.498. The summed E-state index contributed by atoms with van der Waals surface area (Å²) in [5.41, 5.74) is 2.56. The van der Waals surface area contributed by atoms with Crippen molar-refractivity contribution in [2.75, 3.05) is 12.4 Å². The normalized spacial score (nSPS) is 11.0. The van der Waals surface area contributed by atoms with E-state index in [1.165, 1.54) is 0 Å². The van der Waals surface area contributed by atoms with Crippen LogP contribution < -0.4 is 20.2 Å². The lowest BCUT2D eigenvalue weighted by atomic mass is 10.1. The third-order valence-electron chi connectivity index (χ3n) is 6.57. The number of ether oxygens (including phenoxy) is 2. The van der Waals surface area contributed by atoms with Crippen molar-refractivity contribution in [1.82, 2.24) is 14.1 Å². The van der Waals surface area contributed by atoms with Crippen molar-refractivity contribution in [3.05, 3.63) is 119 Å². The molecule has 0 spiro atoms. The smallest absolute Gasteiger partial charge is 0.261 e. The second-order valence-corrected chi connectivity index (χ2v) is 9.01. The maximum atomic E-state index is 13.3. The first-order chi connectivity index (χ1) is 19.0. The summed E-state index contributed by atoms with van der Waals surface area (Å²) < 4.78 is 15.1. The van der Waals surface area contributed by atoms with E-state index in [-0.39, 0.29) is 11.0 Å². The Bertz CT molecular complexity index is 1890.